The van der Waals surface area contributed by atoms with Crippen LogP contribution in [-0.2, 0) is 11.3 Å². The van der Waals surface area contributed by atoms with Gasteiger partial charge in [0.15, 0.2) is 0 Å². The van der Waals surface area contributed by atoms with E-state index in [2.05, 4.69) is 23.1 Å². The number of carbonyl (C=O) groups is 2. The van der Waals surface area contributed by atoms with E-state index in [0.717, 1.165) is 56.0 Å². The lowest BCUT2D eigenvalue weighted by Gasteiger charge is -2.37. The molecule has 166 valence electrons. The van der Waals surface area contributed by atoms with E-state index in [-0.39, 0.29) is 17.7 Å². The predicted molar refractivity (Wildman–Crippen MR) is 120 cm³/mol. The summed E-state index contributed by atoms with van der Waals surface area (Å²) in [7, 11) is 2.10. The molecule has 4 rings (SSSR count). The number of likely N-dealkylation sites (tertiary alicyclic amines) is 1. The molecule has 1 aromatic carbocycles. The van der Waals surface area contributed by atoms with Crippen LogP contribution in [0.4, 0.5) is 0 Å². The first-order valence-electron chi connectivity index (χ1n) is 11.3. The molecule has 1 aromatic heterocycles. The summed E-state index contributed by atoms with van der Waals surface area (Å²) in [5.74, 6) is 0.373. The van der Waals surface area contributed by atoms with Crippen LogP contribution in [0.5, 0.6) is 0 Å². The van der Waals surface area contributed by atoms with Crippen molar-refractivity contribution in [2.24, 2.45) is 5.92 Å². The number of aryl methyl sites for hydroxylation is 2. The molecule has 0 N–H and O–H groups in total. The lowest BCUT2D eigenvalue weighted by atomic mass is 9.94. The molecule has 0 atom stereocenters. The Morgan fingerprint density at radius 2 is 1.68 bits per heavy atom. The van der Waals surface area contributed by atoms with Crippen LogP contribution in [0.25, 0.3) is 0 Å². The number of likely N-dealkylation sites (N-methyl/N-ethyl adjacent to an activating group) is 1. The average Bonchev–Trinajstić information content (AvgIpc) is 3.10. The Morgan fingerprint density at radius 3 is 2.32 bits per heavy atom. The zero-order valence-corrected chi connectivity index (χ0v) is 18.9. The second-order valence-corrected chi connectivity index (χ2v) is 8.98. The van der Waals surface area contributed by atoms with Gasteiger partial charge in [0, 0.05) is 56.4 Å². The van der Waals surface area contributed by atoms with Gasteiger partial charge in [-0.25, -0.2) is 0 Å². The number of piperazine rings is 1. The summed E-state index contributed by atoms with van der Waals surface area (Å²) >= 11 is 0. The highest BCUT2D eigenvalue weighted by molar-refractivity contribution is 5.94. The molecule has 0 bridgehead atoms. The Morgan fingerprint density at radius 1 is 0.968 bits per heavy atom. The Labute approximate surface area is 184 Å². The number of hydrogen-bond acceptors (Lipinski definition) is 4. The van der Waals surface area contributed by atoms with Gasteiger partial charge in [-0.1, -0.05) is 12.1 Å². The summed E-state index contributed by atoms with van der Waals surface area (Å²) in [6.45, 7) is 9.49. The smallest absolute Gasteiger partial charge is 0.253 e. The molecule has 0 spiro atoms. The van der Waals surface area contributed by atoms with Crippen molar-refractivity contribution < 1.29 is 9.59 Å². The molecule has 2 saturated heterocycles. The standard InChI is InChI=1S/C24H33N5O2/c1-18-15-19(2)29(25-18)17-20-5-4-6-22(16-20)24(31)27-9-7-21(8-10-27)23(30)28-13-11-26(3)12-14-28/h4-6,15-16,21H,7-14,17H2,1-3H3. The third-order valence-corrected chi connectivity index (χ3v) is 6.56. The van der Waals surface area contributed by atoms with Crippen molar-refractivity contribution in [2.75, 3.05) is 46.3 Å². The molecule has 2 aliphatic heterocycles. The molecule has 0 unspecified atom stereocenters. The van der Waals surface area contributed by atoms with Gasteiger partial charge in [0.05, 0.1) is 12.2 Å². The number of amides is 2. The highest BCUT2D eigenvalue weighted by Gasteiger charge is 2.31. The monoisotopic (exact) mass is 423 g/mol. The fraction of sp³-hybridized carbons (Fsp3) is 0.542. The molecule has 7 heteroatoms. The van der Waals surface area contributed by atoms with E-state index >= 15 is 0 Å². The van der Waals surface area contributed by atoms with Crippen molar-refractivity contribution in [1.82, 2.24) is 24.5 Å². The Hall–Kier alpha value is -2.67. The molecule has 2 fully saturated rings. The van der Waals surface area contributed by atoms with Crippen molar-refractivity contribution in [3.8, 4) is 0 Å². The normalized spacial score (nSPS) is 18.4. The lowest BCUT2D eigenvalue weighted by molar-refractivity contribution is -0.138. The van der Waals surface area contributed by atoms with Gasteiger partial charge in [-0.2, -0.15) is 5.10 Å². The highest BCUT2D eigenvalue weighted by Crippen LogP contribution is 2.22. The molecular weight excluding hydrogens is 390 g/mol. The Kier molecular flexibility index (Phi) is 6.41. The second-order valence-electron chi connectivity index (χ2n) is 8.98. The van der Waals surface area contributed by atoms with E-state index in [9.17, 15) is 9.59 Å². The summed E-state index contributed by atoms with van der Waals surface area (Å²) in [6.07, 6.45) is 1.50. The molecule has 0 radical (unpaired) electrons. The fourth-order valence-electron chi connectivity index (χ4n) is 4.61. The average molecular weight is 424 g/mol. The summed E-state index contributed by atoms with van der Waals surface area (Å²) in [5.41, 5.74) is 3.89. The molecule has 3 heterocycles. The van der Waals surface area contributed by atoms with Crippen molar-refractivity contribution in [3.63, 3.8) is 0 Å². The van der Waals surface area contributed by atoms with E-state index < -0.39 is 0 Å². The minimum absolute atomic E-state index is 0.0461. The lowest BCUT2D eigenvalue weighted by Crippen LogP contribution is -2.51. The van der Waals surface area contributed by atoms with E-state index in [4.69, 9.17) is 0 Å². The van der Waals surface area contributed by atoms with E-state index in [1.807, 2.05) is 52.6 Å². The van der Waals surface area contributed by atoms with Crippen LogP contribution in [-0.4, -0.2) is 82.6 Å². The number of aromatic nitrogens is 2. The molecule has 0 aliphatic carbocycles. The number of benzene rings is 1. The molecule has 31 heavy (non-hydrogen) atoms. The number of nitrogens with zero attached hydrogens (tertiary/aromatic N) is 5. The van der Waals surface area contributed by atoms with Crippen LogP contribution >= 0.6 is 0 Å². The summed E-state index contributed by atoms with van der Waals surface area (Å²) in [6, 6.07) is 9.89. The number of hydrogen-bond donors (Lipinski definition) is 0. The SMILES string of the molecule is Cc1cc(C)n(Cc2cccc(C(=O)N3CCC(C(=O)N4CCN(C)CC4)CC3)c2)n1. The summed E-state index contributed by atoms with van der Waals surface area (Å²) in [4.78, 5) is 32.1. The van der Waals surface area contributed by atoms with E-state index in [1.54, 1.807) is 0 Å². The first-order valence-corrected chi connectivity index (χ1v) is 11.3. The van der Waals surface area contributed by atoms with Crippen LogP contribution in [0.15, 0.2) is 30.3 Å². The maximum absolute atomic E-state index is 13.1. The van der Waals surface area contributed by atoms with E-state index in [0.29, 0.717) is 25.2 Å². The van der Waals surface area contributed by atoms with Gasteiger partial charge in [-0.05, 0) is 57.5 Å². The fourth-order valence-corrected chi connectivity index (χ4v) is 4.61. The van der Waals surface area contributed by atoms with Gasteiger partial charge < -0.3 is 14.7 Å². The maximum atomic E-state index is 13.1. The molecule has 0 saturated carbocycles. The first kappa shape index (κ1) is 21.6. The van der Waals surface area contributed by atoms with Crippen LogP contribution in [0.2, 0.25) is 0 Å². The van der Waals surface area contributed by atoms with Gasteiger partial charge in [-0.15, -0.1) is 0 Å². The predicted octanol–water partition coefficient (Wildman–Crippen LogP) is 2.17. The van der Waals surface area contributed by atoms with Gasteiger partial charge in [0.1, 0.15) is 0 Å². The largest absolute Gasteiger partial charge is 0.340 e. The van der Waals surface area contributed by atoms with Crippen molar-refractivity contribution >= 4 is 11.8 Å². The third kappa shape index (κ3) is 4.98. The summed E-state index contributed by atoms with van der Waals surface area (Å²) in [5, 5.41) is 4.52. The zero-order valence-electron chi connectivity index (χ0n) is 18.9. The molecule has 2 amide bonds. The van der Waals surface area contributed by atoms with Crippen LogP contribution < -0.4 is 0 Å². The second kappa shape index (κ2) is 9.22. The quantitative estimate of drug-likeness (QED) is 0.756. The zero-order chi connectivity index (χ0) is 22.0. The minimum atomic E-state index is 0.0461. The molecule has 7 nitrogen and oxygen atoms in total. The van der Waals surface area contributed by atoms with Gasteiger partial charge in [0.25, 0.3) is 5.91 Å². The van der Waals surface area contributed by atoms with Crippen molar-refractivity contribution in [3.05, 3.63) is 52.8 Å². The van der Waals surface area contributed by atoms with Crippen molar-refractivity contribution in [2.45, 2.75) is 33.2 Å². The number of rotatable bonds is 4. The molecular formula is C24H33N5O2. The van der Waals surface area contributed by atoms with Crippen LogP contribution in [0.3, 0.4) is 0 Å². The first-order chi connectivity index (χ1) is 14.9. The molecule has 2 aliphatic rings. The van der Waals surface area contributed by atoms with Crippen molar-refractivity contribution in [1.29, 1.82) is 0 Å². The van der Waals surface area contributed by atoms with Crippen LogP contribution in [0.1, 0.15) is 40.2 Å². The Bertz CT molecular complexity index is 937. The maximum Gasteiger partial charge on any atom is 0.253 e. The van der Waals surface area contributed by atoms with Gasteiger partial charge in [-0.3, -0.25) is 14.3 Å². The Balaban J connectivity index is 1.34. The number of piperidine rings is 1. The summed E-state index contributed by atoms with van der Waals surface area (Å²) < 4.78 is 1.97. The highest BCUT2D eigenvalue weighted by atomic mass is 16.2. The van der Waals surface area contributed by atoms with E-state index in [1.165, 1.54) is 0 Å². The minimum Gasteiger partial charge on any atom is -0.340 e. The van der Waals surface area contributed by atoms with Gasteiger partial charge in [0.2, 0.25) is 5.91 Å². The topological polar surface area (TPSA) is 61.7 Å². The third-order valence-electron chi connectivity index (χ3n) is 6.56. The molecule has 2 aromatic rings. The number of carbonyl (C=O) groups excluding carboxylic acids is 2. The van der Waals surface area contributed by atoms with Gasteiger partial charge >= 0.3 is 0 Å². The van der Waals surface area contributed by atoms with Crippen LogP contribution in [0, 0.1) is 19.8 Å².